The van der Waals surface area contributed by atoms with Crippen LogP contribution in [0.25, 0.3) is 4.72 Å². The molecular weight excluding hydrogens is 1010 g/mol. The molecule has 0 saturated heterocycles. The molecule has 14 heteroatoms. The molecule has 6 N–H and O–H groups in total. The summed E-state index contributed by atoms with van der Waals surface area (Å²) in [6, 6.07) is 46.0. The number of nitrogens with zero attached hydrogens (tertiary/aromatic N) is 1. The van der Waals surface area contributed by atoms with Crippen molar-refractivity contribution in [2.45, 2.75) is 129 Å². The summed E-state index contributed by atoms with van der Waals surface area (Å²) in [7, 11) is -1.85. The molecule has 71 heavy (non-hydrogen) atoms. The summed E-state index contributed by atoms with van der Waals surface area (Å²) in [5, 5.41) is 43.1. The van der Waals surface area contributed by atoms with Crippen molar-refractivity contribution in [1.82, 2.24) is 10.6 Å². The van der Waals surface area contributed by atoms with E-state index in [2.05, 4.69) is 113 Å². The zero-order valence-electron chi connectivity index (χ0n) is 43.3. The van der Waals surface area contributed by atoms with Crippen LogP contribution in [0, 0.1) is 20.3 Å². The number of hydrogen-bond acceptors (Lipinski definition) is 8. The quantitative estimate of drug-likeness (QED) is 0.0228. The number of hydrogen-bond donors (Lipinski definition) is 6. The van der Waals surface area contributed by atoms with E-state index >= 15 is 0 Å². The topological polar surface area (TPSA) is 153 Å². The van der Waals surface area contributed by atoms with E-state index in [-0.39, 0.29) is 24.4 Å². The fraction of sp³-hybridized carbons (Fsp3) is 0.386. The Morgan fingerprint density at radius 1 is 0.577 bits per heavy atom. The van der Waals surface area contributed by atoms with Gasteiger partial charge in [-0.3, -0.25) is 0 Å². The number of allylic oxidation sites excluding steroid dienone is 4. The van der Waals surface area contributed by atoms with Crippen LogP contribution in [0.15, 0.2) is 174 Å². The maximum absolute atomic E-state index is 13.3. The van der Waals surface area contributed by atoms with E-state index in [0.29, 0.717) is 37.9 Å². The molecule has 0 radical (unpaired) electrons. The molecular formula is C57H81B2ClN3O6RuS+. The van der Waals surface area contributed by atoms with Crippen molar-refractivity contribution >= 4 is 34.0 Å². The Hall–Kier alpha value is -3.71. The number of sulfonamides is 1. The first-order chi connectivity index (χ1) is 33.7. The van der Waals surface area contributed by atoms with Crippen molar-refractivity contribution in [2.75, 3.05) is 13.1 Å². The summed E-state index contributed by atoms with van der Waals surface area (Å²) in [6.45, 7) is 16.3. The third-order valence-electron chi connectivity index (χ3n) is 11.8. The van der Waals surface area contributed by atoms with Gasteiger partial charge in [-0.05, 0) is 100 Å². The van der Waals surface area contributed by atoms with E-state index in [9.17, 15) is 8.42 Å². The molecule has 0 spiro atoms. The molecule has 0 heterocycles. The van der Waals surface area contributed by atoms with Crippen LogP contribution in [0.1, 0.15) is 132 Å². The van der Waals surface area contributed by atoms with Gasteiger partial charge in [-0.2, -0.15) is 0 Å². The average molecular weight is 1090 g/mol. The van der Waals surface area contributed by atoms with Gasteiger partial charge in [0.15, 0.2) is 0 Å². The van der Waals surface area contributed by atoms with Crippen LogP contribution >= 0.6 is 9.69 Å². The molecule has 0 fully saturated rings. The fourth-order valence-electron chi connectivity index (χ4n) is 7.81. The van der Waals surface area contributed by atoms with Crippen molar-refractivity contribution in [1.29, 1.82) is 0 Å². The summed E-state index contributed by atoms with van der Waals surface area (Å²) < 4.78 is 30.9. The molecule has 0 bridgehead atoms. The molecule has 1 aliphatic rings. The second-order valence-corrected chi connectivity index (χ2v) is 19.1. The first-order valence-corrected chi connectivity index (χ1v) is 28.3. The molecule has 0 amide bonds. The van der Waals surface area contributed by atoms with Crippen LogP contribution < -0.4 is 10.6 Å². The molecule has 9 nitrogen and oxygen atoms in total. The molecule has 0 saturated carbocycles. The summed E-state index contributed by atoms with van der Waals surface area (Å²) >= 11 is 1.82. The van der Waals surface area contributed by atoms with Crippen LogP contribution in [0.5, 0.6) is 0 Å². The Balaban J connectivity index is 0.000000573. The summed E-state index contributed by atoms with van der Waals surface area (Å²) in [6.07, 6.45) is 10.9. The second kappa shape index (κ2) is 38.0. The Morgan fingerprint density at radius 2 is 0.986 bits per heavy atom. The molecule has 0 unspecified atom stereocenters. The average Bonchev–Trinajstić information content (AvgIpc) is 3.38. The summed E-state index contributed by atoms with van der Waals surface area (Å²) in [4.78, 5) is 0.165. The van der Waals surface area contributed by atoms with E-state index in [1.54, 1.807) is 29.8 Å². The Bertz CT molecular complexity index is 2260. The Labute approximate surface area is 444 Å². The van der Waals surface area contributed by atoms with Crippen molar-refractivity contribution in [3.63, 3.8) is 0 Å². The number of unbranched alkanes of at least 4 members (excludes halogenated alkanes) is 2. The maximum atomic E-state index is 13.3. The SMILES string of the molecule is CC.CC1=CC=C(C(C)C)CC1.C[C@H](c1ccccc1)[C@H](NCCCCB(O)O)c1ccccc1.Cc1ccc(S(=O)(=O)[N-][C@H](c2ccccc2)[C@H](NCCCCB(O)O)c2ccccc2)cc1.[CH3-].[Cl][Ru+3]. The van der Waals surface area contributed by atoms with Gasteiger partial charge in [0.25, 0.3) is 0 Å². The monoisotopic (exact) mass is 1090 g/mol. The third kappa shape index (κ3) is 25.7. The predicted molar refractivity (Wildman–Crippen MR) is 298 cm³/mol. The Morgan fingerprint density at radius 3 is 1.39 bits per heavy atom. The van der Waals surface area contributed by atoms with Gasteiger partial charge in [0.05, 0.1) is 0 Å². The molecule has 5 aromatic rings. The molecule has 5 aromatic carbocycles. The first-order valence-electron chi connectivity index (χ1n) is 24.7. The van der Waals surface area contributed by atoms with Gasteiger partial charge in [-0.1, -0.05) is 221 Å². The Kier molecular flexibility index (Phi) is 34.9. The van der Waals surface area contributed by atoms with Crippen LogP contribution in [0.3, 0.4) is 0 Å². The molecule has 386 valence electrons. The predicted octanol–water partition coefficient (Wildman–Crippen LogP) is 13.2. The van der Waals surface area contributed by atoms with E-state index in [1.807, 2.05) is 111 Å². The van der Waals surface area contributed by atoms with E-state index < -0.39 is 30.3 Å². The number of nitrogens with one attached hydrogen (secondary N) is 2. The van der Waals surface area contributed by atoms with Gasteiger partial charge in [0, 0.05) is 22.9 Å². The zero-order chi connectivity index (χ0) is 51.7. The van der Waals surface area contributed by atoms with Gasteiger partial charge in [0.1, 0.15) is 10.0 Å². The second-order valence-electron chi connectivity index (χ2n) is 17.5. The molecule has 1 aliphatic carbocycles. The fourth-order valence-corrected chi connectivity index (χ4v) is 8.95. The summed E-state index contributed by atoms with van der Waals surface area (Å²) in [5.74, 6) is 1.10. The van der Waals surface area contributed by atoms with Crippen LogP contribution in [-0.2, 0) is 27.3 Å². The minimum atomic E-state index is -3.91. The van der Waals surface area contributed by atoms with Crippen molar-refractivity contribution in [3.05, 3.63) is 209 Å². The van der Waals surface area contributed by atoms with Gasteiger partial charge in [-0.15, -0.1) is 0 Å². The first kappa shape index (κ1) is 65.3. The van der Waals surface area contributed by atoms with Crippen molar-refractivity contribution < 1.29 is 45.8 Å². The zero-order valence-corrected chi connectivity index (χ0v) is 46.6. The van der Waals surface area contributed by atoms with Gasteiger partial charge in [-0.25, -0.2) is 8.42 Å². The minimum absolute atomic E-state index is 0. The number of halogens is 1. The van der Waals surface area contributed by atoms with Gasteiger partial charge in [0.2, 0.25) is 0 Å². The normalized spacial score (nSPS) is 13.4. The van der Waals surface area contributed by atoms with Crippen molar-refractivity contribution in [2.24, 2.45) is 5.92 Å². The standard InChI is InChI=1S/C25H30BN2O4S.C19H26BNO2.C10H16.C2H6.CH3.ClH.Ru/c1-20-14-16-23(17-15-20)33(31,32)28-25(22-12-6-3-7-13-22)24(21-10-4-2-5-11-21)27-19-9-8-18-26(29)30;1-16(17-10-4-2-5-11-17)19(18-12-6-3-7-13-18)21-15-9-8-14-20(22)23;1-8(2)10-6-4-9(3)5-7-10;1-2;;;/h2-7,10-17,24-25,27,29-30H,8-9,18-19H2,1H3;2-7,10-13,16,19,21-23H,8-9,14-15H2,1H3;4,6,8H,5,7H2,1-3H3;1-2H3;1H3;1H;/q-1;;;;-1;;+4/p-1/t24-,25-;16-,19+;;;;;/m11...../s1. The summed E-state index contributed by atoms with van der Waals surface area (Å²) in [5.41, 5.74) is 8.42. The van der Waals surface area contributed by atoms with Crippen LogP contribution in [-0.4, -0.2) is 55.8 Å². The third-order valence-corrected chi connectivity index (χ3v) is 13.2. The van der Waals surface area contributed by atoms with Gasteiger partial charge < -0.3 is 42.9 Å². The molecule has 6 rings (SSSR count). The van der Waals surface area contributed by atoms with Crippen molar-refractivity contribution in [3.8, 4) is 0 Å². The molecule has 0 aliphatic heterocycles. The molecule has 0 aromatic heterocycles. The van der Waals surface area contributed by atoms with Crippen LogP contribution in [0.4, 0.5) is 0 Å². The van der Waals surface area contributed by atoms with Gasteiger partial charge >= 0.3 is 41.2 Å². The number of rotatable bonds is 22. The van der Waals surface area contributed by atoms with E-state index in [4.69, 9.17) is 20.1 Å². The molecule has 4 atom stereocenters. The number of aryl methyl sites for hydroxylation is 1. The van der Waals surface area contributed by atoms with E-state index in [1.165, 1.54) is 29.5 Å². The van der Waals surface area contributed by atoms with Crippen LogP contribution in [0.2, 0.25) is 12.6 Å². The number of benzene rings is 5. The van der Waals surface area contributed by atoms with E-state index in [0.717, 1.165) is 42.0 Å².